The molecule has 0 radical (unpaired) electrons. The third-order valence-electron chi connectivity index (χ3n) is 2.98. The molecular formula is C18H40O4. The van der Waals surface area contributed by atoms with E-state index in [-0.39, 0.29) is 6.10 Å². The normalized spacial score (nSPS) is 11.1. The molecule has 0 aliphatic rings. The summed E-state index contributed by atoms with van der Waals surface area (Å²) in [5, 5.41) is 0. The summed E-state index contributed by atoms with van der Waals surface area (Å²) in [5.74, 6) is 0. The average molecular weight is 321 g/mol. The molecule has 22 heavy (non-hydrogen) atoms. The maximum Gasteiger partial charge on any atom is 0.0802 e. The standard InChI is InChI=1S/C8H16O2.C6H14O.C4H10O/c1-4-6-10-7-8(5-2)9-3;1-4-6(5-2)7-3;1-3-4-5-2/h4,8H,1,5-7H2,2-3H3;6H,4-5H2,1-3H3;3-4H2,1-2H3. The van der Waals surface area contributed by atoms with Crippen molar-refractivity contribution in [2.75, 3.05) is 41.2 Å². The summed E-state index contributed by atoms with van der Waals surface area (Å²) in [6.45, 7) is 14.1. The van der Waals surface area contributed by atoms with Gasteiger partial charge in [0.25, 0.3) is 0 Å². The highest BCUT2D eigenvalue weighted by Crippen LogP contribution is 1.98. The van der Waals surface area contributed by atoms with Crippen LogP contribution in [0.3, 0.4) is 0 Å². The van der Waals surface area contributed by atoms with Crippen LogP contribution in [0.1, 0.15) is 53.4 Å². The molecule has 0 fully saturated rings. The van der Waals surface area contributed by atoms with E-state index in [9.17, 15) is 0 Å². The van der Waals surface area contributed by atoms with Crippen molar-refractivity contribution in [1.29, 1.82) is 0 Å². The van der Waals surface area contributed by atoms with Crippen LogP contribution >= 0.6 is 0 Å². The second-order valence-corrected chi connectivity index (χ2v) is 4.76. The monoisotopic (exact) mass is 320 g/mol. The maximum absolute atomic E-state index is 5.18. The molecule has 1 atom stereocenters. The fourth-order valence-electron chi connectivity index (χ4n) is 1.46. The minimum atomic E-state index is 0.236. The van der Waals surface area contributed by atoms with Crippen LogP contribution in [0.4, 0.5) is 0 Å². The van der Waals surface area contributed by atoms with Crippen molar-refractivity contribution in [3.63, 3.8) is 0 Å². The van der Waals surface area contributed by atoms with Gasteiger partial charge in [0, 0.05) is 27.9 Å². The van der Waals surface area contributed by atoms with Crippen molar-refractivity contribution < 1.29 is 18.9 Å². The highest BCUT2D eigenvalue weighted by Gasteiger charge is 2.01. The van der Waals surface area contributed by atoms with Gasteiger partial charge in [-0.2, -0.15) is 0 Å². The Bertz CT molecular complexity index is 170. The van der Waals surface area contributed by atoms with Gasteiger partial charge in [-0.3, -0.25) is 0 Å². The number of hydrogen-bond donors (Lipinski definition) is 0. The third-order valence-corrected chi connectivity index (χ3v) is 2.98. The van der Waals surface area contributed by atoms with Crippen LogP contribution in [0.15, 0.2) is 12.7 Å². The van der Waals surface area contributed by atoms with Gasteiger partial charge in [0.15, 0.2) is 0 Å². The molecule has 4 nitrogen and oxygen atoms in total. The molecular weight excluding hydrogens is 280 g/mol. The minimum absolute atomic E-state index is 0.236. The summed E-state index contributed by atoms with van der Waals surface area (Å²) < 4.78 is 20.0. The van der Waals surface area contributed by atoms with Gasteiger partial charge in [0.05, 0.1) is 25.4 Å². The molecule has 0 spiro atoms. The van der Waals surface area contributed by atoms with E-state index < -0.39 is 0 Å². The first-order valence-electron chi connectivity index (χ1n) is 8.34. The fourth-order valence-corrected chi connectivity index (χ4v) is 1.46. The smallest absolute Gasteiger partial charge is 0.0802 e. The minimum Gasteiger partial charge on any atom is -0.385 e. The SMILES string of the molecule is C=CCOCC(CC)OC.CCC(CC)OC.CCCOC. The van der Waals surface area contributed by atoms with Gasteiger partial charge in [0.1, 0.15) is 0 Å². The van der Waals surface area contributed by atoms with Crippen molar-refractivity contribution >= 4 is 0 Å². The van der Waals surface area contributed by atoms with Gasteiger partial charge in [-0.15, -0.1) is 6.58 Å². The Labute approximate surface area is 139 Å². The number of methoxy groups -OCH3 is 3. The van der Waals surface area contributed by atoms with Crippen LogP contribution in [0.25, 0.3) is 0 Å². The third kappa shape index (κ3) is 24.6. The van der Waals surface area contributed by atoms with Crippen LogP contribution in [-0.2, 0) is 18.9 Å². The zero-order valence-electron chi connectivity index (χ0n) is 16.0. The lowest BCUT2D eigenvalue weighted by molar-refractivity contribution is 0.0158. The Kier molecular flexibility index (Phi) is 30.7. The van der Waals surface area contributed by atoms with E-state index in [2.05, 4.69) is 34.3 Å². The average Bonchev–Trinajstić information content (AvgIpc) is 2.55. The van der Waals surface area contributed by atoms with Gasteiger partial charge >= 0.3 is 0 Å². The molecule has 0 N–H and O–H groups in total. The first kappa shape index (κ1) is 26.5. The lowest BCUT2D eigenvalue weighted by atomic mass is 10.2. The molecule has 0 amide bonds. The van der Waals surface area contributed by atoms with Gasteiger partial charge in [-0.25, -0.2) is 0 Å². The Morgan fingerprint density at radius 1 is 0.864 bits per heavy atom. The van der Waals surface area contributed by atoms with E-state index in [1.807, 2.05) is 0 Å². The molecule has 0 saturated carbocycles. The molecule has 1 unspecified atom stereocenters. The molecule has 0 aromatic heterocycles. The summed E-state index contributed by atoms with van der Waals surface area (Å²) in [5.41, 5.74) is 0. The van der Waals surface area contributed by atoms with Crippen molar-refractivity contribution in [2.24, 2.45) is 0 Å². The topological polar surface area (TPSA) is 36.9 Å². The van der Waals surface area contributed by atoms with E-state index in [0.717, 1.165) is 32.3 Å². The second kappa shape index (κ2) is 25.5. The molecule has 136 valence electrons. The van der Waals surface area contributed by atoms with Gasteiger partial charge < -0.3 is 18.9 Å². The van der Waals surface area contributed by atoms with Crippen molar-refractivity contribution in [2.45, 2.75) is 65.6 Å². The molecule has 0 bridgehead atoms. The van der Waals surface area contributed by atoms with Gasteiger partial charge in [-0.1, -0.05) is 33.8 Å². The molecule has 0 aromatic carbocycles. The molecule has 0 aliphatic carbocycles. The maximum atomic E-state index is 5.18. The van der Waals surface area contributed by atoms with Crippen molar-refractivity contribution in [3.05, 3.63) is 12.7 Å². The molecule has 0 aliphatic heterocycles. The first-order chi connectivity index (χ1) is 10.6. The fraction of sp³-hybridized carbons (Fsp3) is 0.889. The lowest BCUT2D eigenvalue weighted by Gasteiger charge is -2.11. The summed E-state index contributed by atoms with van der Waals surface area (Å²) >= 11 is 0. The van der Waals surface area contributed by atoms with Crippen LogP contribution in [-0.4, -0.2) is 53.4 Å². The van der Waals surface area contributed by atoms with Gasteiger partial charge in [0.2, 0.25) is 0 Å². The second-order valence-electron chi connectivity index (χ2n) is 4.76. The highest BCUT2D eigenvalue weighted by molar-refractivity contribution is 4.64. The van der Waals surface area contributed by atoms with Gasteiger partial charge in [-0.05, 0) is 25.7 Å². The Hall–Kier alpha value is -0.420. The van der Waals surface area contributed by atoms with Crippen LogP contribution < -0.4 is 0 Å². The lowest BCUT2D eigenvalue weighted by Crippen LogP contribution is -2.16. The Morgan fingerprint density at radius 3 is 1.55 bits per heavy atom. The zero-order chi connectivity index (χ0) is 17.6. The first-order valence-corrected chi connectivity index (χ1v) is 8.34. The Morgan fingerprint density at radius 2 is 1.36 bits per heavy atom. The van der Waals surface area contributed by atoms with Crippen LogP contribution in [0.5, 0.6) is 0 Å². The summed E-state index contributed by atoms with van der Waals surface area (Å²) in [4.78, 5) is 0. The molecule has 0 aromatic rings. The van der Waals surface area contributed by atoms with Crippen LogP contribution in [0, 0.1) is 0 Å². The number of hydrogen-bond acceptors (Lipinski definition) is 4. The van der Waals surface area contributed by atoms with Crippen molar-refractivity contribution in [3.8, 4) is 0 Å². The predicted molar refractivity (Wildman–Crippen MR) is 95.7 cm³/mol. The largest absolute Gasteiger partial charge is 0.385 e. The quantitative estimate of drug-likeness (QED) is 0.415. The highest BCUT2D eigenvalue weighted by atomic mass is 16.5. The Balaban J connectivity index is -0.000000263. The van der Waals surface area contributed by atoms with E-state index >= 15 is 0 Å². The molecule has 4 heteroatoms. The van der Waals surface area contributed by atoms with Crippen LogP contribution in [0.2, 0.25) is 0 Å². The summed E-state index contributed by atoms with van der Waals surface area (Å²) in [7, 11) is 5.17. The number of ether oxygens (including phenoxy) is 4. The summed E-state index contributed by atoms with van der Waals surface area (Å²) in [6, 6.07) is 0. The molecule has 0 heterocycles. The molecule has 0 saturated heterocycles. The van der Waals surface area contributed by atoms with Crippen molar-refractivity contribution in [1.82, 2.24) is 0 Å². The molecule has 0 rings (SSSR count). The van der Waals surface area contributed by atoms with E-state index in [1.165, 1.54) is 0 Å². The van der Waals surface area contributed by atoms with E-state index in [4.69, 9.17) is 18.9 Å². The van der Waals surface area contributed by atoms with E-state index in [0.29, 0.717) is 19.3 Å². The zero-order valence-corrected chi connectivity index (χ0v) is 16.0. The predicted octanol–water partition coefficient (Wildman–Crippen LogP) is 4.48. The summed E-state index contributed by atoms with van der Waals surface area (Å²) in [6.07, 6.45) is 6.84. The number of rotatable bonds is 11. The van der Waals surface area contributed by atoms with E-state index in [1.54, 1.807) is 27.4 Å².